The van der Waals surface area contributed by atoms with Crippen molar-refractivity contribution in [3.05, 3.63) is 57.7 Å². The molecular formula is C18H16. The van der Waals surface area contributed by atoms with Crippen molar-refractivity contribution < 1.29 is 0 Å². The largest absolute Gasteiger partial charge is 0.0683 e. The molecule has 0 radical (unpaired) electrons. The van der Waals surface area contributed by atoms with E-state index in [1.807, 2.05) is 0 Å². The predicted molar refractivity (Wildman–Crippen MR) is 78.7 cm³/mol. The maximum Gasteiger partial charge on any atom is -0.00544 e. The van der Waals surface area contributed by atoms with Crippen molar-refractivity contribution in [2.45, 2.75) is 26.7 Å². The molecule has 0 heterocycles. The molecule has 0 unspecified atom stereocenters. The lowest BCUT2D eigenvalue weighted by atomic mass is 9.94. The summed E-state index contributed by atoms with van der Waals surface area (Å²) in [4.78, 5) is 0. The van der Waals surface area contributed by atoms with Gasteiger partial charge in [-0.1, -0.05) is 47.6 Å². The van der Waals surface area contributed by atoms with E-state index >= 15 is 0 Å². The van der Waals surface area contributed by atoms with Gasteiger partial charge in [0.25, 0.3) is 0 Å². The highest BCUT2D eigenvalue weighted by molar-refractivity contribution is 5.96. The lowest BCUT2D eigenvalue weighted by Gasteiger charge is -2.10. The van der Waals surface area contributed by atoms with Gasteiger partial charge in [-0.15, -0.1) is 0 Å². The SMILES string of the molecule is CC1=Cc2ccc3c4c(ccc3c2C1)C=C(C)C4. The first-order chi connectivity index (χ1) is 8.72. The van der Waals surface area contributed by atoms with Gasteiger partial charge in [-0.25, -0.2) is 0 Å². The lowest BCUT2D eigenvalue weighted by molar-refractivity contribution is 1.20. The molecular weight excluding hydrogens is 216 g/mol. The number of benzene rings is 2. The van der Waals surface area contributed by atoms with Gasteiger partial charge in [-0.3, -0.25) is 0 Å². The molecule has 0 atom stereocenters. The van der Waals surface area contributed by atoms with Gasteiger partial charge in [0.15, 0.2) is 0 Å². The number of hydrogen-bond acceptors (Lipinski definition) is 0. The van der Waals surface area contributed by atoms with E-state index in [0.717, 1.165) is 12.8 Å². The minimum Gasteiger partial charge on any atom is -0.0683 e. The van der Waals surface area contributed by atoms with Crippen LogP contribution in [0.4, 0.5) is 0 Å². The third kappa shape index (κ3) is 1.26. The van der Waals surface area contributed by atoms with Crippen LogP contribution in [-0.2, 0) is 12.8 Å². The maximum atomic E-state index is 2.32. The molecule has 18 heavy (non-hydrogen) atoms. The fraction of sp³-hybridized carbons (Fsp3) is 0.222. The average molecular weight is 232 g/mol. The van der Waals surface area contributed by atoms with E-state index < -0.39 is 0 Å². The third-order valence-corrected chi connectivity index (χ3v) is 4.21. The van der Waals surface area contributed by atoms with Gasteiger partial charge < -0.3 is 0 Å². The van der Waals surface area contributed by atoms with Crippen LogP contribution in [0.1, 0.15) is 36.1 Å². The van der Waals surface area contributed by atoms with Crippen molar-refractivity contribution in [1.82, 2.24) is 0 Å². The monoisotopic (exact) mass is 232 g/mol. The standard InChI is InChI=1S/C18H16/c1-11-7-13-3-5-16-15(17(13)9-11)6-4-14-8-12(2)10-18(14)16/h3-8H,9-10H2,1-2H3. The first-order valence-corrected chi connectivity index (χ1v) is 6.64. The summed E-state index contributed by atoms with van der Waals surface area (Å²) in [6, 6.07) is 9.22. The number of allylic oxidation sites excluding steroid dienone is 2. The molecule has 0 amide bonds. The highest BCUT2D eigenvalue weighted by Gasteiger charge is 2.17. The first-order valence-electron chi connectivity index (χ1n) is 6.64. The molecule has 0 saturated carbocycles. The molecule has 2 aliphatic rings. The summed E-state index contributed by atoms with van der Waals surface area (Å²) >= 11 is 0. The Bertz CT molecular complexity index is 677. The molecule has 2 aromatic rings. The van der Waals surface area contributed by atoms with Crippen LogP contribution in [0.2, 0.25) is 0 Å². The van der Waals surface area contributed by atoms with Crippen molar-refractivity contribution in [2.24, 2.45) is 0 Å². The van der Waals surface area contributed by atoms with Gasteiger partial charge in [0.1, 0.15) is 0 Å². The van der Waals surface area contributed by atoms with Crippen LogP contribution in [0.25, 0.3) is 22.9 Å². The summed E-state index contributed by atoms with van der Waals surface area (Å²) in [7, 11) is 0. The zero-order chi connectivity index (χ0) is 12.3. The molecule has 0 fully saturated rings. The van der Waals surface area contributed by atoms with Crippen molar-refractivity contribution in [3.63, 3.8) is 0 Å². The van der Waals surface area contributed by atoms with Gasteiger partial charge >= 0.3 is 0 Å². The van der Waals surface area contributed by atoms with Gasteiger partial charge in [0.2, 0.25) is 0 Å². The van der Waals surface area contributed by atoms with Gasteiger partial charge in [0, 0.05) is 0 Å². The fourth-order valence-corrected chi connectivity index (χ4v) is 3.42. The Morgan fingerprint density at radius 2 is 1.11 bits per heavy atom. The Morgan fingerprint density at radius 1 is 0.667 bits per heavy atom. The Labute approximate surface area is 108 Å². The van der Waals surface area contributed by atoms with E-state index in [0.29, 0.717) is 0 Å². The van der Waals surface area contributed by atoms with Crippen LogP contribution in [0.5, 0.6) is 0 Å². The first kappa shape index (κ1) is 10.1. The molecule has 2 aromatic carbocycles. The van der Waals surface area contributed by atoms with Crippen molar-refractivity contribution >= 4 is 22.9 Å². The van der Waals surface area contributed by atoms with Crippen LogP contribution in [0.3, 0.4) is 0 Å². The minimum absolute atomic E-state index is 1.12. The second-order valence-electron chi connectivity index (χ2n) is 5.70. The molecule has 0 nitrogen and oxygen atoms in total. The zero-order valence-corrected chi connectivity index (χ0v) is 10.9. The molecule has 4 rings (SSSR count). The summed E-state index contributed by atoms with van der Waals surface area (Å²) in [5.74, 6) is 0. The topological polar surface area (TPSA) is 0 Å². The smallest absolute Gasteiger partial charge is 0.00544 e. The van der Waals surface area contributed by atoms with E-state index in [-0.39, 0.29) is 0 Å². The van der Waals surface area contributed by atoms with Gasteiger partial charge in [-0.2, -0.15) is 0 Å². The normalized spacial score (nSPS) is 16.6. The quantitative estimate of drug-likeness (QED) is 0.614. The summed E-state index contributed by atoms with van der Waals surface area (Å²) in [5.41, 5.74) is 8.85. The summed E-state index contributed by atoms with van der Waals surface area (Å²) in [6.45, 7) is 4.45. The Balaban J connectivity index is 2.03. The van der Waals surface area contributed by atoms with Crippen LogP contribution >= 0.6 is 0 Å². The van der Waals surface area contributed by atoms with Gasteiger partial charge in [-0.05, 0) is 59.7 Å². The molecule has 0 N–H and O–H groups in total. The summed E-state index contributed by atoms with van der Waals surface area (Å²) in [5, 5.41) is 2.92. The second kappa shape index (κ2) is 3.35. The molecule has 0 heteroatoms. The minimum atomic E-state index is 1.12. The molecule has 0 aliphatic heterocycles. The summed E-state index contributed by atoms with van der Waals surface area (Å²) < 4.78 is 0. The van der Waals surface area contributed by atoms with Crippen molar-refractivity contribution in [3.8, 4) is 0 Å². The highest BCUT2D eigenvalue weighted by Crippen LogP contribution is 2.37. The van der Waals surface area contributed by atoms with Gasteiger partial charge in [0.05, 0.1) is 0 Å². The Hall–Kier alpha value is -1.82. The van der Waals surface area contributed by atoms with Crippen LogP contribution in [-0.4, -0.2) is 0 Å². The van der Waals surface area contributed by atoms with E-state index in [1.165, 1.54) is 44.2 Å². The molecule has 0 aromatic heterocycles. The predicted octanol–water partition coefficient (Wildman–Crippen LogP) is 4.76. The number of fused-ring (bicyclic) bond motifs is 5. The zero-order valence-electron chi connectivity index (χ0n) is 10.9. The lowest BCUT2D eigenvalue weighted by Crippen LogP contribution is -1.91. The van der Waals surface area contributed by atoms with Crippen molar-refractivity contribution in [1.29, 1.82) is 0 Å². The molecule has 88 valence electrons. The summed E-state index contributed by atoms with van der Waals surface area (Å²) in [6.07, 6.45) is 6.90. The van der Waals surface area contributed by atoms with E-state index in [1.54, 1.807) is 0 Å². The van der Waals surface area contributed by atoms with E-state index in [2.05, 4.69) is 50.3 Å². The van der Waals surface area contributed by atoms with E-state index in [9.17, 15) is 0 Å². The van der Waals surface area contributed by atoms with Crippen LogP contribution in [0.15, 0.2) is 35.4 Å². The van der Waals surface area contributed by atoms with E-state index in [4.69, 9.17) is 0 Å². The fourth-order valence-electron chi connectivity index (χ4n) is 3.42. The maximum absolute atomic E-state index is 2.32. The Kier molecular flexibility index (Phi) is 1.89. The van der Waals surface area contributed by atoms with Crippen LogP contribution in [0, 0.1) is 0 Å². The number of hydrogen-bond donors (Lipinski definition) is 0. The second-order valence-corrected chi connectivity index (χ2v) is 5.70. The Morgan fingerprint density at radius 3 is 1.56 bits per heavy atom. The molecule has 0 spiro atoms. The van der Waals surface area contributed by atoms with Crippen molar-refractivity contribution in [2.75, 3.05) is 0 Å². The molecule has 2 aliphatic carbocycles. The highest BCUT2D eigenvalue weighted by atomic mass is 14.2. The molecule has 0 saturated heterocycles. The molecule has 0 bridgehead atoms. The van der Waals surface area contributed by atoms with Crippen LogP contribution < -0.4 is 0 Å². The number of rotatable bonds is 0. The average Bonchev–Trinajstić information content (AvgIpc) is 2.89. The third-order valence-electron chi connectivity index (χ3n) is 4.21.